The molecule has 1 aliphatic heterocycles. The zero-order valence-electron chi connectivity index (χ0n) is 9.59. The van der Waals surface area contributed by atoms with Gasteiger partial charge in [0.1, 0.15) is 5.78 Å². The highest BCUT2D eigenvalue weighted by molar-refractivity contribution is 5.84. The van der Waals surface area contributed by atoms with Gasteiger partial charge in [-0.2, -0.15) is 4.98 Å². The smallest absolute Gasteiger partial charge is 0.266 e. The number of aromatic nitrogens is 2. The fourth-order valence-corrected chi connectivity index (χ4v) is 1.91. The van der Waals surface area contributed by atoms with Gasteiger partial charge in [0.2, 0.25) is 5.89 Å². The molecule has 3 rings (SSSR count). The predicted octanol–water partition coefficient (Wildman–Crippen LogP) is 0.428. The van der Waals surface area contributed by atoms with E-state index in [1.165, 1.54) is 0 Å². The molecule has 92 valence electrons. The van der Waals surface area contributed by atoms with Crippen molar-refractivity contribution < 1.29 is 14.1 Å². The van der Waals surface area contributed by atoms with Crippen molar-refractivity contribution >= 4 is 11.7 Å². The Labute approximate surface area is 98.9 Å². The summed E-state index contributed by atoms with van der Waals surface area (Å²) in [5.74, 6) is 1.48. The fourth-order valence-electron chi connectivity index (χ4n) is 1.91. The minimum absolute atomic E-state index is 0.224. The van der Waals surface area contributed by atoms with Crippen molar-refractivity contribution in [2.24, 2.45) is 5.92 Å². The lowest BCUT2D eigenvalue weighted by molar-refractivity contribution is -0.119. The standard InChI is InChI=1S/C11H15N3O3/c15-9(8-1-2-8)7-10-12-11(13-17-10)14-3-5-16-6-4-14/h8H,1-7H2. The molecule has 1 saturated carbocycles. The fraction of sp³-hybridized carbons (Fsp3) is 0.727. The van der Waals surface area contributed by atoms with Crippen molar-refractivity contribution in [1.82, 2.24) is 10.1 Å². The van der Waals surface area contributed by atoms with Crippen molar-refractivity contribution in [2.75, 3.05) is 31.2 Å². The van der Waals surface area contributed by atoms with Crippen LogP contribution < -0.4 is 4.90 Å². The molecule has 0 N–H and O–H groups in total. The quantitative estimate of drug-likeness (QED) is 0.756. The molecule has 0 radical (unpaired) electrons. The van der Waals surface area contributed by atoms with Crippen LogP contribution in [0.3, 0.4) is 0 Å². The van der Waals surface area contributed by atoms with Crippen LogP contribution in [-0.2, 0) is 16.0 Å². The van der Waals surface area contributed by atoms with E-state index in [1.807, 2.05) is 4.90 Å². The lowest BCUT2D eigenvalue weighted by Gasteiger charge is -2.24. The number of anilines is 1. The molecule has 2 fully saturated rings. The van der Waals surface area contributed by atoms with Gasteiger partial charge in [0.05, 0.1) is 19.6 Å². The Morgan fingerprint density at radius 1 is 1.35 bits per heavy atom. The lowest BCUT2D eigenvalue weighted by Crippen LogP contribution is -2.36. The molecule has 1 saturated heterocycles. The number of hydrogen-bond donors (Lipinski definition) is 0. The summed E-state index contributed by atoms with van der Waals surface area (Å²) in [5, 5.41) is 3.90. The first-order valence-corrected chi connectivity index (χ1v) is 6.01. The number of nitrogens with zero attached hydrogens (tertiary/aromatic N) is 3. The number of ketones is 1. The van der Waals surface area contributed by atoms with Gasteiger partial charge in [0.15, 0.2) is 0 Å². The second kappa shape index (κ2) is 4.44. The van der Waals surface area contributed by atoms with Crippen LogP contribution in [0.5, 0.6) is 0 Å². The molecule has 1 aromatic rings. The minimum Gasteiger partial charge on any atom is -0.378 e. The molecule has 1 aliphatic carbocycles. The molecule has 6 nitrogen and oxygen atoms in total. The largest absolute Gasteiger partial charge is 0.378 e. The number of morpholine rings is 1. The summed E-state index contributed by atoms with van der Waals surface area (Å²) < 4.78 is 10.4. The molecule has 0 spiro atoms. The van der Waals surface area contributed by atoms with E-state index >= 15 is 0 Å². The Kier molecular flexibility index (Phi) is 2.80. The topological polar surface area (TPSA) is 68.5 Å². The van der Waals surface area contributed by atoms with Crippen LogP contribution in [-0.4, -0.2) is 42.2 Å². The van der Waals surface area contributed by atoms with E-state index in [0.717, 1.165) is 25.9 Å². The van der Waals surface area contributed by atoms with Gasteiger partial charge in [0, 0.05) is 19.0 Å². The molecule has 0 aromatic carbocycles. The first-order chi connectivity index (χ1) is 8.33. The Hall–Kier alpha value is -1.43. The maximum atomic E-state index is 11.6. The van der Waals surface area contributed by atoms with Crippen LogP contribution in [0.4, 0.5) is 5.95 Å². The van der Waals surface area contributed by atoms with E-state index < -0.39 is 0 Å². The number of Topliss-reactive ketones (excluding diaryl/α,β-unsaturated/α-hetero) is 1. The van der Waals surface area contributed by atoms with E-state index in [4.69, 9.17) is 9.26 Å². The van der Waals surface area contributed by atoms with Gasteiger partial charge in [-0.1, -0.05) is 0 Å². The van der Waals surface area contributed by atoms with Gasteiger partial charge in [-0.3, -0.25) is 4.79 Å². The van der Waals surface area contributed by atoms with Crippen LogP contribution in [0, 0.1) is 5.92 Å². The van der Waals surface area contributed by atoms with Crippen molar-refractivity contribution in [2.45, 2.75) is 19.3 Å². The summed E-state index contributed by atoms with van der Waals surface area (Å²) in [6.07, 6.45) is 2.31. The van der Waals surface area contributed by atoms with Crippen LogP contribution in [0.15, 0.2) is 4.52 Å². The number of hydrogen-bond acceptors (Lipinski definition) is 6. The van der Waals surface area contributed by atoms with Crippen LogP contribution >= 0.6 is 0 Å². The number of carbonyl (C=O) groups excluding carboxylic acids is 1. The Morgan fingerprint density at radius 3 is 2.82 bits per heavy atom. The molecule has 2 aliphatic rings. The molecule has 0 atom stereocenters. The molecule has 0 amide bonds. The van der Waals surface area contributed by atoms with Crippen LogP contribution in [0.1, 0.15) is 18.7 Å². The van der Waals surface area contributed by atoms with E-state index in [1.54, 1.807) is 0 Å². The van der Waals surface area contributed by atoms with Crippen LogP contribution in [0.25, 0.3) is 0 Å². The van der Waals surface area contributed by atoms with Crippen molar-refractivity contribution in [3.05, 3.63) is 5.89 Å². The van der Waals surface area contributed by atoms with Crippen molar-refractivity contribution in [3.63, 3.8) is 0 Å². The molecule has 0 bridgehead atoms. The molecule has 17 heavy (non-hydrogen) atoms. The normalized spacial score (nSPS) is 20.6. The number of ether oxygens (including phenoxy) is 1. The summed E-state index contributed by atoms with van der Waals surface area (Å²) in [4.78, 5) is 17.9. The second-order valence-corrected chi connectivity index (χ2v) is 4.50. The third-order valence-corrected chi connectivity index (χ3v) is 3.11. The third kappa shape index (κ3) is 2.46. The van der Waals surface area contributed by atoms with Crippen molar-refractivity contribution in [1.29, 1.82) is 0 Å². The number of rotatable bonds is 4. The maximum absolute atomic E-state index is 11.6. The van der Waals surface area contributed by atoms with E-state index in [0.29, 0.717) is 25.1 Å². The lowest BCUT2D eigenvalue weighted by atomic mass is 10.2. The first-order valence-electron chi connectivity index (χ1n) is 6.01. The molecule has 2 heterocycles. The monoisotopic (exact) mass is 237 g/mol. The predicted molar refractivity (Wildman–Crippen MR) is 58.8 cm³/mol. The molecule has 0 unspecified atom stereocenters. The highest BCUT2D eigenvalue weighted by atomic mass is 16.5. The summed E-state index contributed by atoms with van der Waals surface area (Å²) in [7, 11) is 0. The van der Waals surface area contributed by atoms with Gasteiger partial charge >= 0.3 is 0 Å². The van der Waals surface area contributed by atoms with Gasteiger partial charge < -0.3 is 14.2 Å². The van der Waals surface area contributed by atoms with Gasteiger partial charge in [0.25, 0.3) is 5.95 Å². The van der Waals surface area contributed by atoms with Crippen molar-refractivity contribution in [3.8, 4) is 0 Å². The Bertz CT molecular complexity index is 408. The third-order valence-electron chi connectivity index (χ3n) is 3.11. The average molecular weight is 237 g/mol. The maximum Gasteiger partial charge on any atom is 0.266 e. The summed E-state index contributed by atoms with van der Waals surface area (Å²) in [5.41, 5.74) is 0. The Balaban J connectivity index is 1.62. The van der Waals surface area contributed by atoms with Crippen LogP contribution in [0.2, 0.25) is 0 Å². The van der Waals surface area contributed by atoms with E-state index in [9.17, 15) is 4.79 Å². The molecule has 1 aromatic heterocycles. The zero-order chi connectivity index (χ0) is 11.7. The highest BCUT2D eigenvalue weighted by Gasteiger charge is 2.30. The number of carbonyl (C=O) groups is 1. The highest BCUT2D eigenvalue weighted by Crippen LogP contribution is 2.30. The summed E-state index contributed by atoms with van der Waals surface area (Å²) >= 11 is 0. The SMILES string of the molecule is O=C(Cc1nc(N2CCOCC2)no1)C1CC1. The minimum atomic E-state index is 0.224. The second-order valence-electron chi connectivity index (χ2n) is 4.50. The summed E-state index contributed by atoms with van der Waals surface area (Å²) in [6, 6.07) is 0. The Morgan fingerprint density at radius 2 is 2.12 bits per heavy atom. The first kappa shape index (κ1) is 10.7. The molecule has 6 heteroatoms. The van der Waals surface area contributed by atoms with E-state index in [-0.39, 0.29) is 18.1 Å². The van der Waals surface area contributed by atoms with E-state index in [2.05, 4.69) is 10.1 Å². The van der Waals surface area contributed by atoms with Gasteiger partial charge in [-0.05, 0) is 18.0 Å². The summed E-state index contributed by atoms with van der Waals surface area (Å²) in [6.45, 7) is 2.92. The molecular weight excluding hydrogens is 222 g/mol. The van der Waals surface area contributed by atoms with Gasteiger partial charge in [-0.15, -0.1) is 0 Å². The van der Waals surface area contributed by atoms with Gasteiger partial charge in [-0.25, -0.2) is 0 Å². The molecular formula is C11H15N3O3. The zero-order valence-corrected chi connectivity index (χ0v) is 9.59. The average Bonchev–Trinajstić information content (AvgIpc) is 3.12.